The van der Waals surface area contributed by atoms with E-state index in [0.29, 0.717) is 40.7 Å². The largest absolute Gasteiger partial charge is 0.457 e. The highest BCUT2D eigenvalue weighted by Gasteiger charge is 2.34. The van der Waals surface area contributed by atoms with Gasteiger partial charge in [-0.05, 0) is 55.7 Å². The van der Waals surface area contributed by atoms with Gasteiger partial charge < -0.3 is 20.7 Å². The molecular weight excluding hydrogens is 468 g/mol. The summed E-state index contributed by atoms with van der Waals surface area (Å²) in [6.07, 6.45) is -1.69. The SMILES string of the molecule is Cc1ccc(Oc2ccnc(NC(=O)C3CC3)c2)cc1NC(=O)Nc1ccc(F)c(C(F)(F)F)c1. The van der Waals surface area contributed by atoms with E-state index < -0.39 is 23.6 Å². The van der Waals surface area contributed by atoms with E-state index in [-0.39, 0.29) is 17.5 Å². The van der Waals surface area contributed by atoms with Gasteiger partial charge in [-0.15, -0.1) is 0 Å². The van der Waals surface area contributed by atoms with Crippen molar-refractivity contribution in [2.45, 2.75) is 25.9 Å². The molecule has 4 rings (SSSR count). The maximum atomic E-state index is 13.5. The number of aryl methyl sites for hydroxylation is 1. The monoisotopic (exact) mass is 488 g/mol. The fourth-order valence-electron chi connectivity index (χ4n) is 3.16. The number of benzene rings is 2. The van der Waals surface area contributed by atoms with Crippen molar-refractivity contribution in [3.05, 3.63) is 71.7 Å². The van der Waals surface area contributed by atoms with Crippen molar-refractivity contribution in [2.75, 3.05) is 16.0 Å². The number of amides is 3. The summed E-state index contributed by atoms with van der Waals surface area (Å²) in [6.45, 7) is 1.72. The smallest absolute Gasteiger partial charge is 0.419 e. The van der Waals surface area contributed by atoms with Crippen LogP contribution in [0.25, 0.3) is 0 Å². The molecule has 1 aliphatic rings. The molecule has 1 saturated carbocycles. The van der Waals surface area contributed by atoms with Crippen LogP contribution < -0.4 is 20.7 Å². The summed E-state index contributed by atoms with van der Waals surface area (Å²) in [5.41, 5.74) is -0.699. The summed E-state index contributed by atoms with van der Waals surface area (Å²) in [5, 5.41) is 7.53. The van der Waals surface area contributed by atoms with Crippen LogP contribution in [0.5, 0.6) is 11.5 Å². The van der Waals surface area contributed by atoms with Gasteiger partial charge in [-0.3, -0.25) is 4.79 Å². The van der Waals surface area contributed by atoms with Gasteiger partial charge in [-0.2, -0.15) is 13.2 Å². The van der Waals surface area contributed by atoms with Crippen molar-refractivity contribution >= 4 is 29.1 Å². The topological polar surface area (TPSA) is 92.3 Å². The molecule has 0 spiro atoms. The highest BCUT2D eigenvalue weighted by Crippen LogP contribution is 2.33. The Labute approximate surface area is 197 Å². The number of anilines is 3. The minimum absolute atomic E-state index is 0.0215. The first-order valence-corrected chi connectivity index (χ1v) is 10.6. The van der Waals surface area contributed by atoms with Crippen LogP contribution in [0.1, 0.15) is 24.0 Å². The number of rotatable bonds is 6. The average Bonchev–Trinajstić information content (AvgIpc) is 3.62. The zero-order valence-corrected chi connectivity index (χ0v) is 18.4. The molecule has 0 saturated heterocycles. The number of nitrogens with one attached hydrogen (secondary N) is 3. The van der Waals surface area contributed by atoms with Gasteiger partial charge in [0, 0.05) is 35.6 Å². The predicted octanol–water partition coefficient (Wildman–Crippen LogP) is 6.33. The Kier molecular flexibility index (Phi) is 6.59. The maximum absolute atomic E-state index is 13.5. The van der Waals surface area contributed by atoms with Crippen molar-refractivity contribution in [3.8, 4) is 11.5 Å². The lowest BCUT2D eigenvalue weighted by Gasteiger charge is -2.14. The molecule has 1 aliphatic carbocycles. The molecule has 0 atom stereocenters. The lowest BCUT2D eigenvalue weighted by Crippen LogP contribution is -2.20. The second-order valence-electron chi connectivity index (χ2n) is 7.99. The molecule has 11 heteroatoms. The van der Waals surface area contributed by atoms with Crippen molar-refractivity contribution in [2.24, 2.45) is 5.92 Å². The third-order valence-electron chi connectivity index (χ3n) is 5.15. The Morgan fingerprint density at radius 2 is 1.71 bits per heavy atom. The van der Waals surface area contributed by atoms with Gasteiger partial charge in [-0.1, -0.05) is 6.07 Å². The maximum Gasteiger partial charge on any atom is 0.419 e. The number of alkyl halides is 3. The van der Waals surface area contributed by atoms with Crippen LogP contribution in [0, 0.1) is 18.7 Å². The fourth-order valence-corrected chi connectivity index (χ4v) is 3.16. The highest BCUT2D eigenvalue weighted by atomic mass is 19.4. The molecule has 0 aliphatic heterocycles. The second kappa shape index (κ2) is 9.61. The summed E-state index contributed by atoms with van der Waals surface area (Å²) in [5.74, 6) is -0.398. The molecule has 3 aromatic rings. The van der Waals surface area contributed by atoms with Gasteiger partial charge in [-0.25, -0.2) is 14.2 Å². The van der Waals surface area contributed by atoms with Crippen LogP contribution in [0.4, 0.5) is 39.5 Å². The van der Waals surface area contributed by atoms with Gasteiger partial charge in [0.25, 0.3) is 0 Å². The van der Waals surface area contributed by atoms with Crippen molar-refractivity contribution in [1.29, 1.82) is 0 Å². The lowest BCUT2D eigenvalue weighted by atomic mass is 10.2. The Morgan fingerprint density at radius 3 is 2.43 bits per heavy atom. The van der Waals surface area contributed by atoms with E-state index in [9.17, 15) is 27.2 Å². The molecule has 3 N–H and O–H groups in total. The van der Waals surface area contributed by atoms with Crippen LogP contribution in [0.3, 0.4) is 0 Å². The summed E-state index contributed by atoms with van der Waals surface area (Å²) in [4.78, 5) is 28.4. The lowest BCUT2D eigenvalue weighted by molar-refractivity contribution is -0.139. The van der Waals surface area contributed by atoms with Crippen LogP contribution >= 0.6 is 0 Å². The molecule has 0 unspecified atom stereocenters. The Bertz CT molecular complexity index is 1280. The number of aromatic nitrogens is 1. The van der Waals surface area contributed by atoms with E-state index in [1.54, 1.807) is 31.2 Å². The molecule has 0 radical (unpaired) electrons. The molecule has 1 fully saturated rings. The summed E-state index contributed by atoms with van der Waals surface area (Å²) in [6, 6.07) is 9.39. The van der Waals surface area contributed by atoms with Crippen LogP contribution in [0.15, 0.2) is 54.7 Å². The van der Waals surface area contributed by atoms with Gasteiger partial charge in [0.2, 0.25) is 5.91 Å². The zero-order chi connectivity index (χ0) is 25.2. The third kappa shape index (κ3) is 6.25. The van der Waals surface area contributed by atoms with E-state index in [0.717, 1.165) is 18.9 Å². The molecule has 2 aromatic carbocycles. The minimum atomic E-state index is -4.89. The number of halogens is 4. The number of urea groups is 1. The molecule has 182 valence electrons. The van der Waals surface area contributed by atoms with Gasteiger partial charge in [0.15, 0.2) is 0 Å². The average molecular weight is 488 g/mol. The van der Waals surface area contributed by atoms with E-state index in [2.05, 4.69) is 20.9 Å². The van der Waals surface area contributed by atoms with Gasteiger partial charge in [0.1, 0.15) is 23.1 Å². The molecular formula is C24H20F4N4O3. The number of nitrogens with zero attached hydrogens (tertiary/aromatic N) is 1. The number of hydrogen-bond donors (Lipinski definition) is 3. The van der Waals surface area contributed by atoms with E-state index in [4.69, 9.17) is 4.74 Å². The zero-order valence-electron chi connectivity index (χ0n) is 18.4. The standard InChI is InChI=1S/C24H20F4N4O3/c1-13-2-6-16(35-17-8-9-29-21(12-17)32-22(33)14-3-4-14)11-20(13)31-23(34)30-15-5-7-19(25)18(10-15)24(26,27)28/h2,5-12,14H,3-4H2,1H3,(H,29,32,33)(H2,30,31,34). The van der Waals surface area contributed by atoms with Crippen molar-refractivity contribution in [3.63, 3.8) is 0 Å². The molecule has 35 heavy (non-hydrogen) atoms. The first-order valence-electron chi connectivity index (χ1n) is 10.6. The van der Waals surface area contributed by atoms with E-state index in [1.165, 1.54) is 12.3 Å². The summed E-state index contributed by atoms with van der Waals surface area (Å²) in [7, 11) is 0. The number of carbonyl (C=O) groups excluding carboxylic acids is 2. The summed E-state index contributed by atoms with van der Waals surface area (Å²) < 4.78 is 58.0. The van der Waals surface area contributed by atoms with Crippen LogP contribution in [0.2, 0.25) is 0 Å². The number of pyridine rings is 1. The molecule has 7 nitrogen and oxygen atoms in total. The molecule has 0 bridgehead atoms. The van der Waals surface area contributed by atoms with Gasteiger partial charge in [0.05, 0.1) is 5.56 Å². The Balaban J connectivity index is 1.43. The number of hydrogen-bond acceptors (Lipinski definition) is 4. The Hall–Kier alpha value is -4.15. The van der Waals surface area contributed by atoms with E-state index in [1.807, 2.05) is 0 Å². The first kappa shape index (κ1) is 24.0. The van der Waals surface area contributed by atoms with Gasteiger partial charge >= 0.3 is 12.2 Å². The fraction of sp³-hybridized carbons (Fsp3) is 0.208. The van der Waals surface area contributed by atoms with E-state index >= 15 is 0 Å². The normalized spacial score (nSPS) is 13.2. The van der Waals surface area contributed by atoms with Crippen molar-refractivity contribution in [1.82, 2.24) is 4.98 Å². The molecule has 3 amide bonds. The number of carbonyl (C=O) groups is 2. The van der Waals surface area contributed by atoms with Crippen LogP contribution in [-0.2, 0) is 11.0 Å². The quantitative estimate of drug-likeness (QED) is 0.354. The van der Waals surface area contributed by atoms with Crippen LogP contribution in [-0.4, -0.2) is 16.9 Å². The second-order valence-corrected chi connectivity index (χ2v) is 7.99. The molecule has 1 heterocycles. The predicted molar refractivity (Wildman–Crippen MR) is 121 cm³/mol. The third-order valence-corrected chi connectivity index (χ3v) is 5.15. The van der Waals surface area contributed by atoms with Crippen molar-refractivity contribution < 1.29 is 31.9 Å². The summed E-state index contributed by atoms with van der Waals surface area (Å²) >= 11 is 0. The highest BCUT2D eigenvalue weighted by molar-refractivity contribution is 6.00. The number of ether oxygens (including phenoxy) is 1. The first-order chi connectivity index (χ1) is 16.6. The molecule has 1 aromatic heterocycles. The minimum Gasteiger partial charge on any atom is -0.457 e. The Morgan fingerprint density at radius 1 is 0.971 bits per heavy atom.